The largest absolute Gasteiger partial charge is 0.308 e. The van der Waals surface area contributed by atoms with Crippen LogP contribution in [0.15, 0.2) is 53.7 Å². The second-order valence-electron chi connectivity index (χ2n) is 13.5. The summed E-state index contributed by atoms with van der Waals surface area (Å²) in [7, 11) is 6.44. The fourth-order valence-corrected chi connectivity index (χ4v) is 5.50. The number of hydrazone groups is 1. The summed E-state index contributed by atoms with van der Waals surface area (Å²) in [6.07, 6.45) is 52.7. The normalized spacial score (nSPS) is 12.2. The van der Waals surface area contributed by atoms with Gasteiger partial charge in [0, 0.05) is 25.8 Å². The Morgan fingerprint density at radius 2 is 0.778 bits per heavy atom. The number of hydrogen-bond donors (Lipinski definition) is 0. The summed E-state index contributed by atoms with van der Waals surface area (Å²) in [6, 6.07) is 0. The van der Waals surface area contributed by atoms with E-state index in [4.69, 9.17) is 5.10 Å². The van der Waals surface area contributed by atoms with E-state index in [1.165, 1.54) is 160 Å². The molecule has 0 fully saturated rings. The van der Waals surface area contributed by atoms with Crippen molar-refractivity contribution in [1.82, 2.24) is 9.91 Å². The van der Waals surface area contributed by atoms with Gasteiger partial charge in [0.25, 0.3) is 0 Å². The van der Waals surface area contributed by atoms with E-state index in [2.05, 4.69) is 93.5 Å². The average Bonchev–Trinajstić information content (AvgIpc) is 3.03. The predicted molar refractivity (Wildman–Crippen MR) is 207 cm³/mol. The number of hydrogen-bond acceptors (Lipinski definition) is 3. The van der Waals surface area contributed by atoms with Gasteiger partial charge in [0.1, 0.15) is 0 Å². The molecule has 0 spiro atoms. The van der Waals surface area contributed by atoms with Gasteiger partial charge in [-0.3, -0.25) is 5.01 Å². The zero-order valence-corrected chi connectivity index (χ0v) is 31.3. The molecule has 0 aliphatic heterocycles. The number of likely N-dealkylation sites (N-methyl/N-ethyl adjacent to an activating group) is 2. The minimum Gasteiger partial charge on any atom is -0.308 e. The Labute approximate surface area is 283 Å². The Morgan fingerprint density at radius 1 is 0.422 bits per heavy atom. The van der Waals surface area contributed by atoms with Crippen molar-refractivity contribution in [1.29, 1.82) is 0 Å². The first-order valence-corrected chi connectivity index (χ1v) is 19.6. The molecule has 0 bridgehead atoms. The lowest BCUT2D eigenvalue weighted by molar-refractivity contribution is 0.291. The Hall–Kier alpha value is -1.61. The molecule has 0 unspecified atom stereocenters. The summed E-state index contributed by atoms with van der Waals surface area (Å²) in [5.74, 6) is 0. The Morgan fingerprint density at radius 3 is 1.16 bits per heavy atom. The van der Waals surface area contributed by atoms with Crippen molar-refractivity contribution in [3.63, 3.8) is 0 Å². The minimum atomic E-state index is 1.00. The third-order valence-electron chi connectivity index (χ3n) is 8.51. The summed E-state index contributed by atoms with van der Waals surface area (Å²) in [4.78, 5) is 2.25. The lowest BCUT2D eigenvalue weighted by Crippen LogP contribution is -2.26. The molecule has 0 radical (unpaired) electrons. The molecule has 0 aliphatic carbocycles. The van der Waals surface area contributed by atoms with Crippen LogP contribution in [-0.2, 0) is 0 Å². The number of unbranched alkanes of at least 4 members (excludes halogenated alkanes) is 18. The molecule has 0 aromatic rings. The highest BCUT2D eigenvalue weighted by molar-refractivity contribution is 5.84. The van der Waals surface area contributed by atoms with Crippen molar-refractivity contribution >= 4 is 5.71 Å². The van der Waals surface area contributed by atoms with Crippen LogP contribution in [-0.4, -0.2) is 49.9 Å². The molecule has 3 heteroatoms. The lowest BCUT2D eigenvalue weighted by Gasteiger charge is -2.18. The second-order valence-corrected chi connectivity index (χ2v) is 13.5. The van der Waals surface area contributed by atoms with Gasteiger partial charge in [0.05, 0.1) is 0 Å². The molecule has 0 rings (SSSR count). The van der Waals surface area contributed by atoms with E-state index in [-0.39, 0.29) is 0 Å². The predicted octanol–water partition coefficient (Wildman–Crippen LogP) is 13.2. The SMILES string of the molecule is CCCCCC=CCC=CCCCCCCCCC(CCCCCCCCC=CCC=CCCCCC)=NN(C)CCN(C)C. The van der Waals surface area contributed by atoms with Crippen molar-refractivity contribution in [3.8, 4) is 0 Å². The highest BCUT2D eigenvalue weighted by Gasteiger charge is 2.04. The molecular formula is C42H79N3. The van der Waals surface area contributed by atoms with E-state index in [1.54, 1.807) is 0 Å². The fraction of sp³-hybridized carbons (Fsp3) is 0.786. The molecule has 0 saturated carbocycles. The van der Waals surface area contributed by atoms with E-state index in [0.29, 0.717) is 0 Å². The zero-order chi connectivity index (χ0) is 32.9. The first-order chi connectivity index (χ1) is 22.1. The van der Waals surface area contributed by atoms with Gasteiger partial charge in [-0.1, -0.05) is 140 Å². The van der Waals surface area contributed by atoms with Crippen LogP contribution in [0.25, 0.3) is 0 Å². The average molecular weight is 626 g/mol. The van der Waals surface area contributed by atoms with Crippen LogP contribution in [0.1, 0.15) is 181 Å². The Kier molecular flexibility index (Phi) is 35.5. The molecule has 262 valence electrons. The van der Waals surface area contributed by atoms with Gasteiger partial charge in [0.15, 0.2) is 0 Å². The van der Waals surface area contributed by atoms with Gasteiger partial charge in [-0.05, 0) is 104 Å². The van der Waals surface area contributed by atoms with Crippen LogP contribution in [0.5, 0.6) is 0 Å². The molecule has 0 saturated heterocycles. The van der Waals surface area contributed by atoms with Crippen LogP contribution < -0.4 is 0 Å². The van der Waals surface area contributed by atoms with Crippen LogP contribution in [0.3, 0.4) is 0 Å². The standard InChI is InChI=1S/C42H79N3/c1-6-8-10-12-14-16-18-20-22-24-26-28-30-32-34-36-38-42(43-45(5)41-40-44(3)4)39-37-35-33-31-29-27-25-23-21-19-17-15-13-11-9-7-2/h14-17,20-23H,6-13,18-19,24-41H2,1-5H3. The first-order valence-electron chi connectivity index (χ1n) is 19.6. The third kappa shape index (κ3) is 36.7. The van der Waals surface area contributed by atoms with Gasteiger partial charge in [-0.2, -0.15) is 5.10 Å². The summed E-state index contributed by atoms with van der Waals surface area (Å²) in [5, 5.41) is 7.24. The van der Waals surface area contributed by atoms with Crippen molar-refractivity contribution < 1.29 is 0 Å². The second kappa shape index (κ2) is 36.9. The molecule has 0 heterocycles. The molecule has 3 nitrogen and oxygen atoms in total. The molecule has 0 amide bonds. The number of allylic oxidation sites excluding steroid dienone is 8. The smallest absolute Gasteiger partial charge is 0.0484 e. The highest BCUT2D eigenvalue weighted by atomic mass is 15.4. The molecule has 0 aromatic carbocycles. The van der Waals surface area contributed by atoms with Gasteiger partial charge in [0.2, 0.25) is 0 Å². The molecule has 0 aromatic heterocycles. The monoisotopic (exact) mass is 626 g/mol. The molecule has 0 N–H and O–H groups in total. The first kappa shape index (κ1) is 43.4. The molecule has 0 aliphatic rings. The highest BCUT2D eigenvalue weighted by Crippen LogP contribution is 2.14. The Balaban J connectivity index is 4.01. The topological polar surface area (TPSA) is 18.8 Å². The van der Waals surface area contributed by atoms with E-state index < -0.39 is 0 Å². The van der Waals surface area contributed by atoms with Crippen LogP contribution in [0, 0.1) is 0 Å². The minimum absolute atomic E-state index is 1.00. The number of rotatable bonds is 34. The summed E-state index contributed by atoms with van der Waals surface area (Å²) < 4.78 is 0. The maximum atomic E-state index is 5.06. The quantitative estimate of drug-likeness (QED) is 0.0306. The van der Waals surface area contributed by atoms with Crippen LogP contribution in [0.2, 0.25) is 0 Å². The van der Waals surface area contributed by atoms with Crippen molar-refractivity contribution in [3.05, 3.63) is 48.6 Å². The lowest BCUT2D eigenvalue weighted by atomic mass is 10.0. The van der Waals surface area contributed by atoms with Gasteiger partial charge in [-0.25, -0.2) is 0 Å². The fourth-order valence-electron chi connectivity index (χ4n) is 5.50. The maximum Gasteiger partial charge on any atom is 0.0484 e. The van der Waals surface area contributed by atoms with Gasteiger partial charge >= 0.3 is 0 Å². The van der Waals surface area contributed by atoms with Gasteiger partial charge in [-0.15, -0.1) is 0 Å². The summed E-state index contributed by atoms with van der Waals surface area (Å²) >= 11 is 0. The van der Waals surface area contributed by atoms with E-state index in [0.717, 1.165) is 25.9 Å². The van der Waals surface area contributed by atoms with Crippen LogP contribution in [0.4, 0.5) is 0 Å². The van der Waals surface area contributed by atoms with E-state index in [1.807, 2.05) is 0 Å². The van der Waals surface area contributed by atoms with E-state index >= 15 is 0 Å². The summed E-state index contributed by atoms with van der Waals surface area (Å²) in [6.45, 7) is 6.60. The molecular weight excluding hydrogens is 546 g/mol. The summed E-state index contributed by atoms with van der Waals surface area (Å²) in [5.41, 5.74) is 1.44. The van der Waals surface area contributed by atoms with Gasteiger partial charge < -0.3 is 4.90 Å². The van der Waals surface area contributed by atoms with Crippen LogP contribution >= 0.6 is 0 Å². The Bertz CT molecular complexity index is 680. The maximum absolute atomic E-state index is 5.06. The third-order valence-corrected chi connectivity index (χ3v) is 8.51. The van der Waals surface area contributed by atoms with Crippen molar-refractivity contribution in [2.24, 2.45) is 5.10 Å². The number of nitrogens with zero attached hydrogens (tertiary/aromatic N) is 3. The molecule has 0 atom stereocenters. The van der Waals surface area contributed by atoms with Crippen molar-refractivity contribution in [2.45, 2.75) is 181 Å². The van der Waals surface area contributed by atoms with Crippen molar-refractivity contribution in [2.75, 3.05) is 34.2 Å². The zero-order valence-electron chi connectivity index (χ0n) is 31.3. The van der Waals surface area contributed by atoms with E-state index in [9.17, 15) is 0 Å². The molecule has 45 heavy (non-hydrogen) atoms.